The smallest absolute Gasteiger partial charge is 0.377 e. The summed E-state index contributed by atoms with van der Waals surface area (Å²) in [5, 5.41) is 4.04. The van der Waals surface area contributed by atoms with Gasteiger partial charge in [0.25, 0.3) is 0 Å². The van der Waals surface area contributed by atoms with Gasteiger partial charge in [-0.1, -0.05) is 86.6 Å². The molecule has 1 atom stereocenters. The van der Waals surface area contributed by atoms with Crippen LogP contribution in [0.5, 0.6) is 0 Å². The number of nitrogens with two attached hydrogens (primary N) is 1. The van der Waals surface area contributed by atoms with E-state index in [9.17, 15) is 9.59 Å². The predicted octanol–water partition coefficient (Wildman–Crippen LogP) is 4.76. The maximum absolute atomic E-state index is 12.1. The van der Waals surface area contributed by atoms with Gasteiger partial charge < -0.3 is 24.5 Å². The van der Waals surface area contributed by atoms with Crippen molar-refractivity contribution in [2.45, 2.75) is 44.4 Å². The first-order valence-electron chi connectivity index (χ1n) is 12.0. The number of ether oxygens (including phenoxy) is 2. The molecule has 1 unspecified atom stereocenters. The molecule has 0 aliphatic heterocycles. The molecule has 8 nitrogen and oxygen atoms in total. The Balaban J connectivity index is 2.57. The van der Waals surface area contributed by atoms with Crippen molar-refractivity contribution in [3.8, 4) is 0 Å². The van der Waals surface area contributed by atoms with Crippen molar-refractivity contribution < 1.29 is 28.3 Å². The summed E-state index contributed by atoms with van der Waals surface area (Å²) in [6.45, 7) is 11.1. The average Bonchev–Trinajstić information content (AvgIpc) is 2.89. The molecular weight excluding hydrogens is 488 g/mol. The standard InChI is InChI=1S/C28H38N2O6Si/c1-27(2,3)37(6,7)35-20-23(19-30-36-24(26(32)34-5)18-25(31)33-4)28(29,21-14-10-8-11-15-21)22-16-12-9-13-17-22/h8-19,23H,20,29H2,1-7H3/b24-18?,30-19-. The third-order valence-electron chi connectivity index (χ3n) is 6.75. The van der Waals surface area contributed by atoms with E-state index in [0.29, 0.717) is 0 Å². The zero-order chi connectivity index (χ0) is 27.7. The van der Waals surface area contributed by atoms with E-state index in [-0.39, 0.29) is 11.6 Å². The van der Waals surface area contributed by atoms with Crippen LogP contribution in [0.15, 0.2) is 77.7 Å². The van der Waals surface area contributed by atoms with Gasteiger partial charge in [-0.05, 0) is 29.3 Å². The van der Waals surface area contributed by atoms with Crippen molar-refractivity contribution in [3.63, 3.8) is 0 Å². The predicted molar refractivity (Wildman–Crippen MR) is 146 cm³/mol. The summed E-state index contributed by atoms with van der Waals surface area (Å²) in [5.74, 6) is -2.59. The Morgan fingerprint density at radius 3 is 1.89 bits per heavy atom. The first kappa shape index (κ1) is 30.0. The topological polar surface area (TPSA) is 109 Å². The molecule has 2 aromatic rings. The van der Waals surface area contributed by atoms with Crippen LogP contribution in [0.4, 0.5) is 0 Å². The largest absolute Gasteiger partial charge is 0.466 e. The van der Waals surface area contributed by atoms with Gasteiger partial charge in [0.15, 0.2) is 8.32 Å². The van der Waals surface area contributed by atoms with Gasteiger partial charge in [0, 0.05) is 12.5 Å². The summed E-state index contributed by atoms with van der Waals surface area (Å²) in [6, 6.07) is 19.4. The van der Waals surface area contributed by atoms with Gasteiger partial charge in [-0.15, -0.1) is 0 Å². The number of hydrogen-bond acceptors (Lipinski definition) is 8. The normalized spacial score (nSPS) is 13.8. The fraction of sp³-hybridized carbons (Fsp3) is 0.393. The van der Waals surface area contributed by atoms with Crippen LogP contribution in [0.3, 0.4) is 0 Å². The van der Waals surface area contributed by atoms with Gasteiger partial charge in [-0.2, -0.15) is 0 Å². The van der Waals surface area contributed by atoms with Crippen LogP contribution in [-0.4, -0.2) is 47.3 Å². The zero-order valence-electron chi connectivity index (χ0n) is 22.7. The summed E-state index contributed by atoms with van der Waals surface area (Å²) in [5.41, 5.74) is 7.90. The highest BCUT2D eigenvalue weighted by molar-refractivity contribution is 6.74. The number of nitrogens with zero attached hydrogens (tertiary/aromatic N) is 1. The minimum atomic E-state index is -2.16. The fourth-order valence-corrected chi connectivity index (χ4v) is 4.41. The first-order chi connectivity index (χ1) is 17.4. The van der Waals surface area contributed by atoms with Gasteiger partial charge in [0.2, 0.25) is 5.76 Å². The lowest BCUT2D eigenvalue weighted by atomic mass is 9.74. The van der Waals surface area contributed by atoms with E-state index in [0.717, 1.165) is 17.2 Å². The van der Waals surface area contributed by atoms with Crippen LogP contribution < -0.4 is 5.73 Å². The minimum absolute atomic E-state index is 0.0246. The fourth-order valence-electron chi connectivity index (χ4n) is 3.38. The van der Waals surface area contributed by atoms with Crippen molar-refractivity contribution in [1.29, 1.82) is 0 Å². The third kappa shape index (κ3) is 7.61. The lowest BCUT2D eigenvalue weighted by Gasteiger charge is -2.41. The molecule has 200 valence electrons. The van der Waals surface area contributed by atoms with Gasteiger partial charge >= 0.3 is 11.9 Å². The number of oxime groups is 1. The lowest BCUT2D eigenvalue weighted by molar-refractivity contribution is -0.142. The molecule has 0 spiro atoms. The van der Waals surface area contributed by atoms with Crippen molar-refractivity contribution in [2.75, 3.05) is 20.8 Å². The molecule has 0 radical (unpaired) electrons. The van der Waals surface area contributed by atoms with Gasteiger partial charge in [-0.3, -0.25) is 0 Å². The molecule has 0 heterocycles. The van der Waals surface area contributed by atoms with E-state index in [1.807, 2.05) is 60.7 Å². The quantitative estimate of drug-likeness (QED) is 0.112. The second kappa shape index (κ2) is 12.8. The first-order valence-corrected chi connectivity index (χ1v) is 14.9. The number of hydrogen-bond donors (Lipinski definition) is 1. The Bertz CT molecular complexity index is 1060. The number of benzene rings is 2. The average molecular weight is 527 g/mol. The van der Waals surface area contributed by atoms with Crippen LogP contribution in [0, 0.1) is 5.92 Å². The highest BCUT2D eigenvalue weighted by Crippen LogP contribution is 2.39. The molecular formula is C28H38N2O6Si. The van der Waals surface area contributed by atoms with E-state index < -0.39 is 37.5 Å². The van der Waals surface area contributed by atoms with Gasteiger partial charge in [0.1, 0.15) is 0 Å². The monoisotopic (exact) mass is 526 g/mol. The summed E-state index contributed by atoms with van der Waals surface area (Å²) in [4.78, 5) is 29.1. The van der Waals surface area contributed by atoms with Crippen LogP contribution in [-0.2, 0) is 33.9 Å². The molecule has 0 bridgehead atoms. The summed E-state index contributed by atoms with van der Waals surface area (Å²) < 4.78 is 15.9. The molecule has 0 saturated carbocycles. The van der Waals surface area contributed by atoms with Crippen molar-refractivity contribution in [2.24, 2.45) is 16.8 Å². The lowest BCUT2D eigenvalue weighted by Crippen LogP contribution is -2.50. The Morgan fingerprint density at radius 2 is 1.46 bits per heavy atom. The number of carbonyl (C=O) groups is 2. The van der Waals surface area contributed by atoms with Crippen LogP contribution in [0.1, 0.15) is 31.9 Å². The Labute approximate surface area is 220 Å². The highest BCUT2D eigenvalue weighted by Gasteiger charge is 2.42. The molecule has 0 saturated heterocycles. The Hall–Kier alpha value is -3.27. The Morgan fingerprint density at radius 1 is 0.946 bits per heavy atom. The van der Waals surface area contributed by atoms with Crippen LogP contribution in [0.2, 0.25) is 18.1 Å². The maximum Gasteiger partial charge on any atom is 0.377 e. The second-order valence-electron chi connectivity index (χ2n) is 10.1. The molecule has 0 amide bonds. The molecule has 0 aromatic heterocycles. The van der Waals surface area contributed by atoms with E-state index in [4.69, 9.17) is 19.7 Å². The molecule has 2 rings (SSSR count). The number of rotatable bonds is 11. The van der Waals surface area contributed by atoms with Crippen molar-refractivity contribution >= 4 is 26.5 Å². The Kier molecular flexibility index (Phi) is 10.4. The maximum atomic E-state index is 12.1. The second-order valence-corrected chi connectivity index (χ2v) is 15.0. The van der Waals surface area contributed by atoms with Gasteiger partial charge in [-0.25, -0.2) is 9.59 Å². The SMILES string of the molecule is COC(=O)C=C(O/N=C\C(CO[Si](C)(C)C(C)(C)C)C(N)(c1ccccc1)c1ccccc1)C(=O)OC. The molecule has 37 heavy (non-hydrogen) atoms. The van der Waals surface area contributed by atoms with E-state index in [1.54, 1.807) is 0 Å². The number of carbonyl (C=O) groups excluding carboxylic acids is 2. The summed E-state index contributed by atoms with van der Waals surface area (Å²) in [7, 11) is 0.196. The molecule has 0 fully saturated rings. The molecule has 0 aliphatic carbocycles. The molecule has 0 aliphatic rings. The molecule has 2 N–H and O–H groups in total. The van der Waals surface area contributed by atoms with Crippen molar-refractivity contribution in [1.82, 2.24) is 0 Å². The summed E-state index contributed by atoms with van der Waals surface area (Å²) >= 11 is 0. The number of methoxy groups -OCH3 is 2. The van der Waals surface area contributed by atoms with Crippen LogP contribution >= 0.6 is 0 Å². The van der Waals surface area contributed by atoms with E-state index in [2.05, 4.69) is 43.8 Å². The summed E-state index contributed by atoms with van der Waals surface area (Å²) in [6.07, 6.45) is 2.38. The van der Waals surface area contributed by atoms with Gasteiger partial charge in [0.05, 0.1) is 32.0 Å². The van der Waals surface area contributed by atoms with Crippen molar-refractivity contribution in [3.05, 3.63) is 83.6 Å². The third-order valence-corrected chi connectivity index (χ3v) is 11.2. The van der Waals surface area contributed by atoms with Crippen LogP contribution in [0.25, 0.3) is 0 Å². The zero-order valence-corrected chi connectivity index (χ0v) is 23.7. The molecule has 2 aromatic carbocycles. The minimum Gasteiger partial charge on any atom is -0.466 e. The van der Waals surface area contributed by atoms with E-state index in [1.165, 1.54) is 20.4 Å². The highest BCUT2D eigenvalue weighted by atomic mass is 28.4. The van der Waals surface area contributed by atoms with E-state index >= 15 is 0 Å². The molecule has 9 heteroatoms. The number of esters is 2.